The van der Waals surface area contributed by atoms with Crippen molar-refractivity contribution in [2.24, 2.45) is 11.7 Å². The van der Waals surface area contributed by atoms with Crippen molar-refractivity contribution >= 4 is 18.3 Å². The van der Waals surface area contributed by atoms with Crippen molar-refractivity contribution in [3.63, 3.8) is 0 Å². The molecule has 2 rings (SSSR count). The number of hydrogen-bond acceptors (Lipinski definition) is 2. The van der Waals surface area contributed by atoms with Gasteiger partial charge in [-0.3, -0.25) is 4.79 Å². The summed E-state index contributed by atoms with van der Waals surface area (Å²) in [6, 6.07) is -0.360. The summed E-state index contributed by atoms with van der Waals surface area (Å²) in [5, 5.41) is 3.06. The van der Waals surface area contributed by atoms with Gasteiger partial charge in [0.1, 0.15) is 0 Å². The molecule has 0 bridgehead atoms. The molecule has 0 aromatic carbocycles. The molecule has 0 unspecified atom stereocenters. The molecule has 0 aliphatic heterocycles. The van der Waals surface area contributed by atoms with Crippen LogP contribution in [0, 0.1) is 5.92 Å². The van der Waals surface area contributed by atoms with Gasteiger partial charge in [0.05, 0.1) is 6.04 Å². The summed E-state index contributed by atoms with van der Waals surface area (Å²) >= 11 is 0. The lowest BCUT2D eigenvalue weighted by Gasteiger charge is -2.17. The van der Waals surface area contributed by atoms with E-state index in [2.05, 4.69) is 5.32 Å². The molecular weight excluding hydrogens is 188 g/mol. The van der Waals surface area contributed by atoms with E-state index in [9.17, 15) is 4.79 Å². The molecule has 3 N–H and O–H groups in total. The highest BCUT2D eigenvalue weighted by atomic mass is 35.5. The zero-order valence-corrected chi connectivity index (χ0v) is 8.69. The smallest absolute Gasteiger partial charge is 0.237 e. The lowest BCUT2D eigenvalue weighted by molar-refractivity contribution is -0.123. The van der Waals surface area contributed by atoms with Gasteiger partial charge in [0.15, 0.2) is 0 Å². The van der Waals surface area contributed by atoms with Gasteiger partial charge in [-0.2, -0.15) is 0 Å². The van der Waals surface area contributed by atoms with Crippen molar-refractivity contribution in [2.45, 2.75) is 44.2 Å². The Hall–Kier alpha value is -0.280. The first kappa shape index (κ1) is 10.8. The molecule has 4 heteroatoms. The normalized spacial score (nSPS) is 25.7. The van der Waals surface area contributed by atoms with Crippen LogP contribution < -0.4 is 11.1 Å². The van der Waals surface area contributed by atoms with E-state index in [-0.39, 0.29) is 29.9 Å². The van der Waals surface area contributed by atoms with Crippen molar-refractivity contribution in [3.05, 3.63) is 0 Å². The number of rotatable bonds is 3. The lowest BCUT2D eigenvalue weighted by Crippen LogP contribution is -2.46. The van der Waals surface area contributed by atoms with Gasteiger partial charge >= 0.3 is 0 Å². The number of nitrogens with one attached hydrogen (secondary N) is 1. The molecule has 2 aliphatic rings. The Morgan fingerprint density at radius 1 is 1.54 bits per heavy atom. The molecule has 0 saturated heterocycles. The molecule has 1 atom stereocenters. The topological polar surface area (TPSA) is 55.1 Å². The summed E-state index contributed by atoms with van der Waals surface area (Å²) in [5.74, 6) is 0.777. The maximum atomic E-state index is 11.3. The largest absolute Gasteiger partial charge is 0.349 e. The molecule has 0 spiro atoms. The summed E-state index contributed by atoms with van der Waals surface area (Å²) in [5.41, 5.74) is 5.66. The van der Waals surface area contributed by atoms with Gasteiger partial charge in [0, 0.05) is 5.54 Å². The molecule has 2 aliphatic carbocycles. The molecule has 2 saturated carbocycles. The van der Waals surface area contributed by atoms with Crippen molar-refractivity contribution in [1.82, 2.24) is 5.32 Å². The second kappa shape index (κ2) is 3.46. The Balaban J connectivity index is 0.000000845. The van der Waals surface area contributed by atoms with E-state index in [1.807, 2.05) is 0 Å². The number of amides is 1. The third-order valence-electron chi connectivity index (χ3n) is 2.93. The van der Waals surface area contributed by atoms with Crippen molar-refractivity contribution < 1.29 is 4.79 Å². The first-order valence-corrected chi connectivity index (χ1v) is 4.72. The minimum absolute atomic E-state index is 0. The van der Waals surface area contributed by atoms with Gasteiger partial charge in [0.25, 0.3) is 0 Å². The predicted molar refractivity (Wildman–Crippen MR) is 53.7 cm³/mol. The fourth-order valence-corrected chi connectivity index (χ4v) is 1.77. The Morgan fingerprint density at radius 3 is 2.38 bits per heavy atom. The third kappa shape index (κ3) is 2.15. The van der Waals surface area contributed by atoms with E-state index in [1.165, 1.54) is 12.8 Å². The van der Waals surface area contributed by atoms with E-state index < -0.39 is 0 Å². The van der Waals surface area contributed by atoms with E-state index in [4.69, 9.17) is 5.73 Å². The highest BCUT2D eigenvalue weighted by Gasteiger charge is 2.54. The second-order valence-electron chi connectivity index (χ2n) is 4.21. The van der Waals surface area contributed by atoms with Gasteiger partial charge in [0.2, 0.25) is 5.91 Å². The van der Waals surface area contributed by atoms with Crippen LogP contribution in [-0.2, 0) is 4.79 Å². The zero-order chi connectivity index (χ0) is 8.77. The third-order valence-corrected chi connectivity index (χ3v) is 2.93. The Labute approximate surface area is 84.9 Å². The molecule has 76 valence electrons. The molecule has 0 radical (unpaired) electrons. The van der Waals surface area contributed by atoms with Crippen LogP contribution in [0.4, 0.5) is 0 Å². The number of carbonyl (C=O) groups excluding carboxylic acids is 1. The van der Waals surface area contributed by atoms with Crippen molar-refractivity contribution in [2.75, 3.05) is 0 Å². The first-order chi connectivity index (χ1) is 5.64. The molecule has 13 heavy (non-hydrogen) atoms. The highest BCUT2D eigenvalue weighted by molar-refractivity contribution is 5.85. The van der Waals surface area contributed by atoms with Crippen LogP contribution in [0.1, 0.15) is 32.6 Å². The van der Waals surface area contributed by atoms with Crippen LogP contribution in [0.15, 0.2) is 0 Å². The highest BCUT2D eigenvalue weighted by Crippen LogP contribution is 2.53. The minimum Gasteiger partial charge on any atom is -0.349 e. The summed E-state index contributed by atoms with van der Waals surface area (Å²) in [6.45, 7) is 1.73. The standard InChI is InChI=1S/C9H16N2O.ClH/c1-6(10)8(12)11-9(4-5-9)7-2-3-7;/h6-7H,2-5,10H2,1H3,(H,11,12);1H/t6-;/m1./s1. The van der Waals surface area contributed by atoms with E-state index in [0.717, 1.165) is 18.8 Å². The molecule has 0 heterocycles. The maximum absolute atomic E-state index is 11.3. The summed E-state index contributed by atoms with van der Waals surface area (Å²) in [7, 11) is 0. The van der Waals surface area contributed by atoms with Crippen molar-refractivity contribution in [1.29, 1.82) is 0 Å². The summed E-state index contributed by atoms with van der Waals surface area (Å²) in [6.07, 6.45) is 4.91. The minimum atomic E-state index is -0.360. The Kier molecular flexibility index (Phi) is 2.88. The molecule has 2 fully saturated rings. The van der Waals surface area contributed by atoms with E-state index >= 15 is 0 Å². The summed E-state index contributed by atoms with van der Waals surface area (Å²) < 4.78 is 0. The van der Waals surface area contributed by atoms with Gasteiger partial charge < -0.3 is 11.1 Å². The molecule has 0 aromatic heterocycles. The average Bonchev–Trinajstić information content (AvgIpc) is 2.82. The van der Waals surface area contributed by atoms with Crippen LogP contribution in [0.25, 0.3) is 0 Å². The number of nitrogens with two attached hydrogens (primary N) is 1. The molecule has 3 nitrogen and oxygen atoms in total. The quantitative estimate of drug-likeness (QED) is 0.715. The van der Waals surface area contributed by atoms with Crippen LogP contribution in [0.2, 0.25) is 0 Å². The van der Waals surface area contributed by atoms with E-state index in [0.29, 0.717) is 0 Å². The summed E-state index contributed by atoms with van der Waals surface area (Å²) in [4.78, 5) is 11.3. The second-order valence-corrected chi connectivity index (χ2v) is 4.21. The van der Waals surface area contributed by atoms with Gasteiger partial charge in [-0.15, -0.1) is 12.4 Å². The van der Waals surface area contributed by atoms with E-state index in [1.54, 1.807) is 6.92 Å². The monoisotopic (exact) mass is 204 g/mol. The number of halogens is 1. The van der Waals surface area contributed by atoms with Gasteiger partial charge in [-0.25, -0.2) is 0 Å². The molecule has 1 amide bonds. The molecule has 0 aromatic rings. The first-order valence-electron chi connectivity index (χ1n) is 4.72. The van der Waals surface area contributed by atoms with Crippen LogP contribution in [0.3, 0.4) is 0 Å². The number of hydrogen-bond donors (Lipinski definition) is 2. The van der Waals surface area contributed by atoms with Crippen LogP contribution in [-0.4, -0.2) is 17.5 Å². The van der Waals surface area contributed by atoms with Crippen molar-refractivity contribution in [3.8, 4) is 0 Å². The zero-order valence-electron chi connectivity index (χ0n) is 7.88. The Morgan fingerprint density at radius 2 is 2.08 bits per heavy atom. The van der Waals surface area contributed by atoms with Gasteiger partial charge in [-0.05, 0) is 38.5 Å². The number of carbonyl (C=O) groups is 1. The fourth-order valence-electron chi connectivity index (χ4n) is 1.77. The van der Waals surface area contributed by atoms with Crippen LogP contribution >= 0.6 is 12.4 Å². The maximum Gasteiger partial charge on any atom is 0.237 e. The average molecular weight is 205 g/mol. The predicted octanol–water partition coefficient (Wildman–Crippen LogP) is 0.814. The molecular formula is C9H17ClN2O. The van der Waals surface area contributed by atoms with Gasteiger partial charge in [-0.1, -0.05) is 0 Å². The lowest BCUT2D eigenvalue weighted by atomic mass is 10.1. The Bertz CT molecular complexity index is 210. The fraction of sp³-hybridized carbons (Fsp3) is 0.889. The SMILES string of the molecule is C[C@@H](N)C(=O)NC1(C2CC2)CC1.Cl. The van der Waals surface area contributed by atoms with Crippen LogP contribution in [0.5, 0.6) is 0 Å².